The zero-order valence-electron chi connectivity index (χ0n) is 12.9. The molecular formula is C15H26ClF3N2O. The van der Waals surface area contributed by atoms with Gasteiger partial charge in [0.1, 0.15) is 0 Å². The Morgan fingerprint density at radius 3 is 2.55 bits per heavy atom. The molecule has 22 heavy (non-hydrogen) atoms. The molecule has 0 aromatic carbocycles. The fourth-order valence-electron chi connectivity index (χ4n) is 3.49. The van der Waals surface area contributed by atoms with Crippen molar-refractivity contribution < 1.29 is 18.0 Å². The minimum Gasteiger partial charge on any atom is -0.353 e. The second-order valence-electron chi connectivity index (χ2n) is 6.51. The summed E-state index contributed by atoms with van der Waals surface area (Å²) in [5.74, 6) is -1.61. The number of hydrogen-bond donors (Lipinski definition) is 2. The predicted molar refractivity (Wildman–Crippen MR) is 81.9 cm³/mol. The first-order chi connectivity index (χ1) is 9.88. The molecule has 0 aromatic rings. The van der Waals surface area contributed by atoms with Crippen molar-refractivity contribution in [1.29, 1.82) is 0 Å². The topological polar surface area (TPSA) is 41.1 Å². The largest absolute Gasteiger partial charge is 0.391 e. The molecule has 2 fully saturated rings. The highest BCUT2D eigenvalue weighted by atomic mass is 35.5. The Hall–Kier alpha value is -0.490. The van der Waals surface area contributed by atoms with Crippen molar-refractivity contribution >= 4 is 18.3 Å². The summed E-state index contributed by atoms with van der Waals surface area (Å²) in [5.41, 5.74) is 0. The maximum absolute atomic E-state index is 12.8. The van der Waals surface area contributed by atoms with E-state index in [9.17, 15) is 18.0 Å². The van der Waals surface area contributed by atoms with Crippen LogP contribution in [0, 0.1) is 17.8 Å². The van der Waals surface area contributed by atoms with Crippen molar-refractivity contribution in [2.45, 2.75) is 57.7 Å². The molecule has 4 atom stereocenters. The van der Waals surface area contributed by atoms with Gasteiger partial charge in [0.25, 0.3) is 0 Å². The van der Waals surface area contributed by atoms with Crippen molar-refractivity contribution in [3.8, 4) is 0 Å². The zero-order chi connectivity index (χ0) is 15.5. The number of carbonyl (C=O) groups is 1. The minimum atomic E-state index is -4.17. The van der Waals surface area contributed by atoms with Crippen LogP contribution in [0.5, 0.6) is 0 Å². The first-order valence-electron chi connectivity index (χ1n) is 7.95. The number of hydrogen-bond acceptors (Lipinski definition) is 2. The van der Waals surface area contributed by atoms with Crippen LogP contribution in [0.4, 0.5) is 13.2 Å². The molecule has 2 N–H and O–H groups in total. The van der Waals surface area contributed by atoms with Crippen LogP contribution in [-0.2, 0) is 4.79 Å². The van der Waals surface area contributed by atoms with Crippen LogP contribution in [0.25, 0.3) is 0 Å². The summed E-state index contributed by atoms with van der Waals surface area (Å²) in [6, 6.07) is 0.0246. The molecule has 4 unspecified atom stereocenters. The first kappa shape index (κ1) is 19.6. The Morgan fingerprint density at radius 1 is 1.23 bits per heavy atom. The van der Waals surface area contributed by atoms with Gasteiger partial charge in [-0.15, -0.1) is 12.4 Å². The van der Waals surface area contributed by atoms with Gasteiger partial charge in [0.2, 0.25) is 5.91 Å². The summed E-state index contributed by atoms with van der Waals surface area (Å²) >= 11 is 0. The number of piperidine rings is 1. The maximum Gasteiger partial charge on any atom is 0.391 e. The van der Waals surface area contributed by atoms with Gasteiger partial charge >= 0.3 is 6.18 Å². The van der Waals surface area contributed by atoms with E-state index < -0.39 is 18.0 Å². The van der Waals surface area contributed by atoms with Crippen LogP contribution in [0.3, 0.4) is 0 Å². The second kappa shape index (κ2) is 8.39. The van der Waals surface area contributed by atoms with Gasteiger partial charge in [-0.25, -0.2) is 0 Å². The lowest BCUT2D eigenvalue weighted by atomic mass is 9.80. The zero-order valence-corrected chi connectivity index (χ0v) is 13.7. The smallest absolute Gasteiger partial charge is 0.353 e. The molecule has 0 bridgehead atoms. The van der Waals surface area contributed by atoms with E-state index in [2.05, 4.69) is 10.6 Å². The summed E-state index contributed by atoms with van der Waals surface area (Å²) in [6.07, 6.45) is -0.845. The summed E-state index contributed by atoms with van der Waals surface area (Å²) in [4.78, 5) is 12.2. The third-order valence-corrected chi connectivity index (χ3v) is 4.92. The number of nitrogens with one attached hydrogen (secondary N) is 2. The van der Waals surface area contributed by atoms with Crippen molar-refractivity contribution in [1.82, 2.24) is 10.6 Å². The first-order valence-corrected chi connectivity index (χ1v) is 7.95. The van der Waals surface area contributed by atoms with Gasteiger partial charge < -0.3 is 10.6 Å². The molecule has 2 rings (SSSR count). The molecule has 1 aliphatic carbocycles. The molecule has 1 amide bonds. The number of alkyl halides is 3. The van der Waals surface area contributed by atoms with E-state index in [1.807, 2.05) is 6.92 Å². The molecule has 1 aliphatic heterocycles. The van der Waals surface area contributed by atoms with E-state index >= 15 is 0 Å². The average Bonchev–Trinajstić information content (AvgIpc) is 2.47. The maximum atomic E-state index is 12.8. The van der Waals surface area contributed by atoms with Crippen molar-refractivity contribution in [3.63, 3.8) is 0 Å². The molecule has 130 valence electrons. The molecule has 3 nitrogen and oxygen atoms in total. The molecule has 0 radical (unpaired) electrons. The van der Waals surface area contributed by atoms with Crippen LogP contribution < -0.4 is 10.6 Å². The van der Waals surface area contributed by atoms with Gasteiger partial charge in [-0.2, -0.15) is 13.2 Å². The summed E-state index contributed by atoms with van der Waals surface area (Å²) in [6.45, 7) is 3.84. The highest BCUT2D eigenvalue weighted by molar-refractivity contribution is 5.85. The van der Waals surface area contributed by atoms with E-state index in [1.165, 1.54) is 0 Å². The van der Waals surface area contributed by atoms with Crippen LogP contribution >= 0.6 is 12.4 Å². The lowest BCUT2D eigenvalue weighted by Gasteiger charge is -2.33. The fraction of sp³-hybridized carbons (Fsp3) is 0.933. The van der Waals surface area contributed by atoms with Crippen LogP contribution in [0.2, 0.25) is 0 Å². The van der Waals surface area contributed by atoms with Crippen molar-refractivity contribution in [3.05, 3.63) is 0 Å². The van der Waals surface area contributed by atoms with Crippen molar-refractivity contribution in [2.75, 3.05) is 13.1 Å². The van der Waals surface area contributed by atoms with Crippen LogP contribution in [0.15, 0.2) is 0 Å². The molecule has 1 heterocycles. The van der Waals surface area contributed by atoms with E-state index in [1.54, 1.807) is 0 Å². The molecule has 0 spiro atoms. The lowest BCUT2D eigenvalue weighted by Crippen LogP contribution is -2.47. The second-order valence-corrected chi connectivity index (χ2v) is 6.51. The summed E-state index contributed by atoms with van der Waals surface area (Å²) < 4.78 is 38.4. The molecule has 7 heteroatoms. The lowest BCUT2D eigenvalue weighted by molar-refractivity contribution is -0.186. The van der Waals surface area contributed by atoms with Gasteiger partial charge in [0.15, 0.2) is 0 Å². The van der Waals surface area contributed by atoms with Crippen molar-refractivity contribution in [2.24, 2.45) is 17.8 Å². The van der Waals surface area contributed by atoms with E-state index in [0.717, 1.165) is 25.9 Å². The van der Waals surface area contributed by atoms with E-state index in [4.69, 9.17) is 0 Å². The SMILES string of the molecule is CC(NC(=O)C1CCCC(C(F)(F)F)C1)C1CCCNC1.Cl. The average molecular weight is 343 g/mol. The molecule has 2 aliphatic rings. The van der Waals surface area contributed by atoms with Gasteiger partial charge in [-0.1, -0.05) is 6.42 Å². The normalized spacial score (nSPS) is 31.0. The van der Waals surface area contributed by atoms with E-state index in [0.29, 0.717) is 18.8 Å². The highest BCUT2D eigenvalue weighted by Crippen LogP contribution is 2.40. The van der Waals surface area contributed by atoms with E-state index in [-0.39, 0.29) is 37.2 Å². The standard InChI is InChI=1S/C15H25F3N2O.ClH/c1-10(12-5-3-7-19-9-12)20-14(21)11-4-2-6-13(8-11)15(16,17)18;/h10-13,19H,2-9H2,1H3,(H,20,21);1H. The summed E-state index contributed by atoms with van der Waals surface area (Å²) in [7, 11) is 0. The Morgan fingerprint density at radius 2 is 1.95 bits per heavy atom. The predicted octanol–water partition coefficient (Wildman–Crippen LogP) is 3.28. The number of carbonyl (C=O) groups excluding carboxylic acids is 1. The monoisotopic (exact) mass is 342 g/mol. The minimum absolute atomic E-state index is 0. The number of amides is 1. The summed E-state index contributed by atoms with van der Waals surface area (Å²) in [5, 5.41) is 6.24. The quantitative estimate of drug-likeness (QED) is 0.826. The molecule has 0 aromatic heterocycles. The van der Waals surface area contributed by atoms with Gasteiger partial charge in [0, 0.05) is 12.0 Å². The van der Waals surface area contributed by atoms with Crippen LogP contribution in [0.1, 0.15) is 45.4 Å². The molecule has 1 saturated carbocycles. The Labute approximate surface area is 136 Å². The Balaban J connectivity index is 0.00000242. The number of halogens is 4. The Kier molecular flexibility index (Phi) is 7.46. The fourth-order valence-corrected chi connectivity index (χ4v) is 3.49. The molecular weight excluding hydrogens is 317 g/mol. The van der Waals surface area contributed by atoms with Crippen LogP contribution in [-0.4, -0.2) is 31.2 Å². The van der Waals surface area contributed by atoms with Gasteiger partial charge in [0.05, 0.1) is 5.92 Å². The Bertz CT molecular complexity index is 359. The van der Waals surface area contributed by atoms with Gasteiger partial charge in [-0.3, -0.25) is 4.79 Å². The third kappa shape index (κ3) is 5.30. The highest BCUT2D eigenvalue weighted by Gasteiger charge is 2.43. The molecule has 1 saturated heterocycles. The third-order valence-electron chi connectivity index (χ3n) is 4.92. The van der Waals surface area contributed by atoms with Gasteiger partial charge in [-0.05, 0) is 58.0 Å². The number of rotatable bonds is 3.